The van der Waals surface area contributed by atoms with Crippen molar-refractivity contribution in [3.63, 3.8) is 0 Å². The maximum atomic E-state index is 13.5. The lowest BCUT2D eigenvalue weighted by atomic mass is 10.0. The Morgan fingerprint density at radius 3 is 2.41 bits per heavy atom. The fraction of sp³-hybridized carbons (Fsp3) is 0. The van der Waals surface area contributed by atoms with Crippen LogP contribution in [0.15, 0.2) is 41.1 Å². The number of halogens is 3. The summed E-state index contributed by atoms with van der Waals surface area (Å²) in [6.45, 7) is 0. The number of carbonyl (C=O) groups excluding carboxylic acids is 1. The molecular weight excluding hydrogens is 292 g/mol. The minimum Gasteiger partial charge on any atom is -0.288 e. The number of benzene rings is 1. The molecule has 0 aliphatic carbocycles. The van der Waals surface area contributed by atoms with Crippen LogP contribution in [0.4, 0.5) is 8.78 Å². The Bertz CT molecular complexity index is 572. The van der Waals surface area contributed by atoms with Gasteiger partial charge in [0.2, 0.25) is 0 Å². The van der Waals surface area contributed by atoms with Gasteiger partial charge in [0, 0.05) is 18.0 Å². The first-order valence-electron chi connectivity index (χ1n) is 4.69. The number of hydrogen-bond donors (Lipinski definition) is 0. The zero-order valence-electron chi connectivity index (χ0n) is 8.45. The van der Waals surface area contributed by atoms with Gasteiger partial charge in [0.25, 0.3) is 0 Å². The van der Waals surface area contributed by atoms with Crippen molar-refractivity contribution < 1.29 is 13.6 Å². The number of rotatable bonds is 2. The van der Waals surface area contributed by atoms with E-state index in [4.69, 9.17) is 0 Å². The van der Waals surface area contributed by atoms with Gasteiger partial charge >= 0.3 is 0 Å². The van der Waals surface area contributed by atoms with E-state index in [1.807, 2.05) is 0 Å². The third kappa shape index (κ3) is 2.39. The second-order valence-corrected chi connectivity index (χ2v) is 4.17. The summed E-state index contributed by atoms with van der Waals surface area (Å²) in [6.07, 6.45) is 2.83. The smallest absolute Gasteiger partial charge is 0.196 e. The van der Waals surface area contributed by atoms with Crippen molar-refractivity contribution in [2.45, 2.75) is 0 Å². The van der Waals surface area contributed by atoms with Crippen LogP contribution in [-0.4, -0.2) is 10.8 Å². The van der Waals surface area contributed by atoms with Gasteiger partial charge in [-0.3, -0.25) is 9.78 Å². The minimum absolute atomic E-state index is 0.0127. The molecule has 0 aliphatic rings. The van der Waals surface area contributed by atoms with Crippen LogP contribution >= 0.6 is 15.9 Å². The summed E-state index contributed by atoms with van der Waals surface area (Å²) >= 11 is 2.85. The molecule has 0 N–H and O–H groups in total. The first-order valence-corrected chi connectivity index (χ1v) is 5.48. The zero-order chi connectivity index (χ0) is 12.4. The topological polar surface area (TPSA) is 30.0 Å². The molecule has 0 atom stereocenters. The lowest BCUT2D eigenvalue weighted by Crippen LogP contribution is -2.05. The fourth-order valence-corrected chi connectivity index (χ4v) is 1.67. The van der Waals surface area contributed by atoms with Crippen molar-refractivity contribution in [2.75, 3.05) is 0 Å². The second kappa shape index (κ2) is 4.71. The highest BCUT2D eigenvalue weighted by Crippen LogP contribution is 2.21. The average Bonchev–Trinajstić information content (AvgIpc) is 2.34. The molecule has 2 rings (SSSR count). The third-order valence-electron chi connectivity index (χ3n) is 2.20. The molecule has 5 heteroatoms. The van der Waals surface area contributed by atoms with E-state index in [0.717, 1.165) is 12.1 Å². The van der Waals surface area contributed by atoms with E-state index < -0.39 is 17.4 Å². The second-order valence-electron chi connectivity index (χ2n) is 3.31. The molecule has 86 valence electrons. The van der Waals surface area contributed by atoms with Crippen molar-refractivity contribution >= 4 is 21.7 Å². The molecule has 0 saturated carbocycles. The number of nitrogens with zero attached hydrogens (tertiary/aromatic N) is 1. The minimum atomic E-state index is -0.764. The molecule has 0 radical (unpaired) electrons. The standard InChI is InChI=1S/C12H6BrF2NO/c13-9-6-10(14)8(5-11(9)15)12(17)7-1-3-16-4-2-7/h1-6H. The SMILES string of the molecule is O=C(c1ccncc1)c1cc(F)c(Br)cc1F. The van der Waals surface area contributed by atoms with Crippen molar-refractivity contribution in [1.29, 1.82) is 0 Å². The molecule has 1 aromatic heterocycles. The van der Waals surface area contributed by atoms with E-state index in [9.17, 15) is 13.6 Å². The van der Waals surface area contributed by atoms with Gasteiger partial charge in [-0.1, -0.05) is 0 Å². The summed E-state index contributed by atoms with van der Waals surface area (Å²) in [4.78, 5) is 15.6. The molecule has 17 heavy (non-hydrogen) atoms. The Kier molecular flexibility index (Phi) is 3.28. The summed E-state index contributed by atoms with van der Waals surface area (Å²) in [5, 5.41) is 0. The molecule has 0 spiro atoms. The van der Waals surface area contributed by atoms with Gasteiger partial charge in [0.15, 0.2) is 5.78 Å². The molecule has 0 amide bonds. The molecular formula is C12H6BrF2NO. The molecule has 0 bridgehead atoms. The van der Waals surface area contributed by atoms with Gasteiger partial charge in [0.05, 0.1) is 10.0 Å². The van der Waals surface area contributed by atoms with Crippen LogP contribution in [0.1, 0.15) is 15.9 Å². The fourth-order valence-electron chi connectivity index (χ4n) is 1.36. The Morgan fingerprint density at radius 1 is 1.12 bits per heavy atom. The normalized spacial score (nSPS) is 10.3. The highest BCUT2D eigenvalue weighted by molar-refractivity contribution is 9.10. The molecule has 2 aromatic rings. The predicted molar refractivity (Wildman–Crippen MR) is 61.7 cm³/mol. The number of ketones is 1. The zero-order valence-corrected chi connectivity index (χ0v) is 10.0. The largest absolute Gasteiger partial charge is 0.288 e. The summed E-state index contributed by atoms with van der Waals surface area (Å²) < 4.78 is 26.8. The summed E-state index contributed by atoms with van der Waals surface area (Å²) in [6, 6.07) is 4.70. The first kappa shape index (κ1) is 11.9. The van der Waals surface area contributed by atoms with Gasteiger partial charge in [-0.15, -0.1) is 0 Å². The van der Waals surface area contributed by atoms with E-state index >= 15 is 0 Å². The van der Waals surface area contributed by atoms with Crippen molar-refractivity contribution in [3.8, 4) is 0 Å². The van der Waals surface area contributed by atoms with E-state index in [1.165, 1.54) is 24.5 Å². The lowest BCUT2D eigenvalue weighted by Gasteiger charge is -2.04. The van der Waals surface area contributed by atoms with Crippen molar-refractivity contribution in [1.82, 2.24) is 4.98 Å². The molecule has 1 heterocycles. The monoisotopic (exact) mass is 297 g/mol. The first-order chi connectivity index (χ1) is 8.09. The Hall–Kier alpha value is -1.62. The molecule has 2 nitrogen and oxygen atoms in total. The Morgan fingerprint density at radius 2 is 1.76 bits per heavy atom. The molecule has 0 saturated heterocycles. The highest BCUT2D eigenvalue weighted by Gasteiger charge is 2.16. The molecule has 1 aromatic carbocycles. The number of hydrogen-bond acceptors (Lipinski definition) is 2. The van der Waals surface area contributed by atoms with Crippen LogP contribution in [-0.2, 0) is 0 Å². The summed E-state index contributed by atoms with van der Waals surface area (Å²) in [5.41, 5.74) is -0.0301. The number of pyridine rings is 1. The molecule has 0 unspecified atom stereocenters. The van der Waals surface area contributed by atoms with Gasteiger partial charge in [-0.25, -0.2) is 8.78 Å². The van der Waals surface area contributed by atoms with Gasteiger partial charge in [0.1, 0.15) is 11.6 Å². The summed E-state index contributed by atoms with van der Waals surface area (Å²) in [5.74, 6) is -2.01. The van der Waals surface area contributed by atoms with E-state index in [2.05, 4.69) is 20.9 Å². The Labute approximate surface area is 104 Å². The molecule has 0 aliphatic heterocycles. The van der Waals surface area contributed by atoms with Crippen molar-refractivity contribution in [2.24, 2.45) is 0 Å². The van der Waals surface area contributed by atoms with E-state index in [-0.39, 0.29) is 15.6 Å². The van der Waals surface area contributed by atoms with Gasteiger partial charge < -0.3 is 0 Å². The maximum absolute atomic E-state index is 13.5. The van der Waals surface area contributed by atoms with Crippen LogP contribution in [0.25, 0.3) is 0 Å². The van der Waals surface area contributed by atoms with Crippen LogP contribution < -0.4 is 0 Å². The average molecular weight is 298 g/mol. The van der Waals surface area contributed by atoms with Crippen LogP contribution in [0.2, 0.25) is 0 Å². The quantitative estimate of drug-likeness (QED) is 0.628. The molecule has 0 fully saturated rings. The van der Waals surface area contributed by atoms with Crippen LogP contribution in [0, 0.1) is 11.6 Å². The Balaban J connectivity index is 2.48. The lowest BCUT2D eigenvalue weighted by molar-refractivity contribution is 0.103. The maximum Gasteiger partial charge on any atom is 0.196 e. The van der Waals surface area contributed by atoms with Gasteiger partial charge in [-0.2, -0.15) is 0 Å². The number of aromatic nitrogens is 1. The summed E-state index contributed by atoms with van der Waals surface area (Å²) in [7, 11) is 0. The number of carbonyl (C=O) groups is 1. The van der Waals surface area contributed by atoms with Crippen LogP contribution in [0.5, 0.6) is 0 Å². The van der Waals surface area contributed by atoms with Gasteiger partial charge in [-0.05, 0) is 40.2 Å². The van der Waals surface area contributed by atoms with Crippen LogP contribution in [0.3, 0.4) is 0 Å². The van der Waals surface area contributed by atoms with E-state index in [0.29, 0.717) is 0 Å². The van der Waals surface area contributed by atoms with E-state index in [1.54, 1.807) is 0 Å². The third-order valence-corrected chi connectivity index (χ3v) is 2.80. The highest BCUT2D eigenvalue weighted by atomic mass is 79.9. The van der Waals surface area contributed by atoms with Crippen molar-refractivity contribution in [3.05, 3.63) is 63.9 Å². The predicted octanol–water partition coefficient (Wildman–Crippen LogP) is 3.35.